The van der Waals surface area contributed by atoms with Crippen LogP contribution in [0.3, 0.4) is 0 Å². The molecule has 0 aliphatic carbocycles. The number of halogens is 1. The molecule has 0 unspecified atom stereocenters. The Morgan fingerprint density at radius 3 is 2.30 bits per heavy atom. The minimum atomic E-state index is -3.45. The number of nitrogens with one attached hydrogen (secondary N) is 3. The van der Waals surface area contributed by atoms with E-state index in [2.05, 4.69) is 30.4 Å². The highest BCUT2D eigenvalue weighted by molar-refractivity contribution is 7.92. The van der Waals surface area contributed by atoms with E-state index in [1.54, 1.807) is 24.3 Å². The monoisotopic (exact) mass is 483 g/mol. The highest BCUT2D eigenvalue weighted by atomic mass is 35.5. The van der Waals surface area contributed by atoms with Crippen LogP contribution in [0.1, 0.15) is 11.4 Å². The summed E-state index contributed by atoms with van der Waals surface area (Å²) in [5, 5.41) is 11.0. The summed E-state index contributed by atoms with van der Waals surface area (Å²) in [4.78, 5) is 8.67. The van der Waals surface area contributed by atoms with Gasteiger partial charge in [0.05, 0.1) is 35.2 Å². The van der Waals surface area contributed by atoms with Crippen molar-refractivity contribution in [2.24, 2.45) is 0 Å². The van der Waals surface area contributed by atoms with Gasteiger partial charge in [-0.25, -0.2) is 18.1 Å². The summed E-state index contributed by atoms with van der Waals surface area (Å²) >= 11 is 6.28. The van der Waals surface area contributed by atoms with E-state index in [0.29, 0.717) is 23.1 Å². The Balaban J connectivity index is 1.54. The van der Waals surface area contributed by atoms with Crippen molar-refractivity contribution < 1.29 is 8.42 Å². The molecule has 2 aromatic carbocycles. The molecule has 2 aromatic heterocycles. The molecule has 2 heterocycles. The lowest BCUT2D eigenvalue weighted by molar-refractivity contribution is 0.607. The summed E-state index contributed by atoms with van der Waals surface area (Å²) in [6.45, 7) is 3.96. The third-order valence-electron chi connectivity index (χ3n) is 4.60. The van der Waals surface area contributed by atoms with Crippen LogP contribution in [0.5, 0.6) is 0 Å². The lowest BCUT2D eigenvalue weighted by Crippen LogP contribution is -2.11. The zero-order chi connectivity index (χ0) is 23.6. The van der Waals surface area contributed by atoms with E-state index in [0.717, 1.165) is 29.0 Å². The highest BCUT2D eigenvalue weighted by Crippen LogP contribution is 2.29. The minimum Gasteiger partial charge on any atom is -0.337 e. The third-order valence-corrected chi connectivity index (χ3v) is 5.46. The molecule has 0 saturated carbocycles. The van der Waals surface area contributed by atoms with Crippen LogP contribution >= 0.6 is 11.6 Å². The van der Waals surface area contributed by atoms with Gasteiger partial charge < -0.3 is 10.6 Å². The standard InChI is InChI=1S/C22H22ClN7O2S/c1-14-12-15(2)30(28-14)17-10-8-16(9-11-17)25-22-24-13-18(23)21(27-22)26-19-6-4-5-7-20(19)29-33(3,31)32/h4-13,29H,1-3H3,(H2,24,25,26,27). The predicted octanol–water partition coefficient (Wildman–Crippen LogP) is 4.79. The maximum atomic E-state index is 11.7. The fourth-order valence-electron chi connectivity index (χ4n) is 3.23. The molecule has 3 N–H and O–H groups in total. The van der Waals surface area contributed by atoms with E-state index in [1.807, 2.05) is 48.9 Å². The first-order chi connectivity index (χ1) is 15.7. The van der Waals surface area contributed by atoms with Gasteiger partial charge in [-0.05, 0) is 56.3 Å². The lowest BCUT2D eigenvalue weighted by Gasteiger charge is -2.14. The first kappa shape index (κ1) is 22.6. The molecule has 4 rings (SSSR count). The number of nitrogens with zero attached hydrogens (tertiary/aromatic N) is 4. The molecule has 4 aromatic rings. The van der Waals surface area contributed by atoms with Gasteiger partial charge in [0.2, 0.25) is 16.0 Å². The second-order valence-corrected chi connectivity index (χ2v) is 9.60. The molecule has 0 saturated heterocycles. The zero-order valence-electron chi connectivity index (χ0n) is 18.2. The summed E-state index contributed by atoms with van der Waals surface area (Å²) in [6.07, 6.45) is 2.56. The molecule has 9 nitrogen and oxygen atoms in total. The Labute approximate surface area is 196 Å². The van der Waals surface area contributed by atoms with Gasteiger partial charge in [-0.1, -0.05) is 23.7 Å². The normalized spacial score (nSPS) is 11.3. The summed E-state index contributed by atoms with van der Waals surface area (Å²) in [7, 11) is -3.45. The lowest BCUT2D eigenvalue weighted by atomic mass is 10.2. The van der Waals surface area contributed by atoms with E-state index < -0.39 is 10.0 Å². The Morgan fingerprint density at radius 1 is 0.970 bits per heavy atom. The molecule has 170 valence electrons. The molecule has 0 bridgehead atoms. The minimum absolute atomic E-state index is 0.287. The van der Waals surface area contributed by atoms with Crippen molar-refractivity contribution in [3.05, 3.63) is 77.2 Å². The molecule has 0 aliphatic rings. The first-order valence-electron chi connectivity index (χ1n) is 9.95. The zero-order valence-corrected chi connectivity index (χ0v) is 19.7. The van der Waals surface area contributed by atoms with E-state index in [9.17, 15) is 8.42 Å². The van der Waals surface area contributed by atoms with Crippen LogP contribution in [0.25, 0.3) is 5.69 Å². The SMILES string of the molecule is Cc1cc(C)n(-c2ccc(Nc3ncc(Cl)c(Nc4ccccc4NS(C)(=O)=O)n3)cc2)n1. The number of rotatable bonds is 7. The van der Waals surface area contributed by atoms with E-state index in [-0.39, 0.29) is 5.02 Å². The molecule has 0 spiro atoms. The maximum Gasteiger partial charge on any atom is 0.229 e. The second-order valence-electron chi connectivity index (χ2n) is 7.45. The molecule has 0 atom stereocenters. The number of aromatic nitrogens is 4. The van der Waals surface area contributed by atoms with Crippen LogP contribution in [0, 0.1) is 13.8 Å². The van der Waals surface area contributed by atoms with Gasteiger partial charge in [-0.15, -0.1) is 0 Å². The van der Waals surface area contributed by atoms with Crippen molar-refractivity contribution >= 4 is 50.5 Å². The topological polar surface area (TPSA) is 114 Å². The Bertz CT molecular complexity index is 1400. The number of para-hydroxylation sites is 2. The first-order valence-corrected chi connectivity index (χ1v) is 12.2. The van der Waals surface area contributed by atoms with Crippen molar-refractivity contribution in [2.45, 2.75) is 13.8 Å². The number of sulfonamides is 1. The number of hydrogen-bond acceptors (Lipinski definition) is 7. The average Bonchev–Trinajstić information content (AvgIpc) is 3.09. The van der Waals surface area contributed by atoms with Gasteiger partial charge in [0.15, 0.2) is 5.82 Å². The molecule has 0 aliphatic heterocycles. The van der Waals surface area contributed by atoms with Crippen LogP contribution < -0.4 is 15.4 Å². The Morgan fingerprint density at radius 2 is 1.67 bits per heavy atom. The van der Waals surface area contributed by atoms with Crippen molar-refractivity contribution in [2.75, 3.05) is 21.6 Å². The van der Waals surface area contributed by atoms with Crippen molar-refractivity contribution in [3.63, 3.8) is 0 Å². The number of hydrogen-bond donors (Lipinski definition) is 3. The van der Waals surface area contributed by atoms with Crippen molar-refractivity contribution in [3.8, 4) is 5.69 Å². The highest BCUT2D eigenvalue weighted by Gasteiger charge is 2.11. The molecule has 0 amide bonds. The summed E-state index contributed by atoms with van der Waals surface area (Å²) in [5.41, 5.74) is 4.62. The fourth-order valence-corrected chi connectivity index (χ4v) is 3.94. The summed E-state index contributed by atoms with van der Waals surface area (Å²) < 4.78 is 27.7. The number of aryl methyl sites for hydroxylation is 2. The van der Waals surface area contributed by atoms with Crippen LogP contribution in [0.2, 0.25) is 5.02 Å². The van der Waals surface area contributed by atoms with Crippen LogP contribution in [-0.2, 0) is 10.0 Å². The number of benzene rings is 2. The van der Waals surface area contributed by atoms with Gasteiger partial charge in [-0.3, -0.25) is 4.72 Å². The van der Waals surface area contributed by atoms with Crippen LogP contribution in [0.15, 0.2) is 60.8 Å². The average molecular weight is 484 g/mol. The molecule has 11 heteroatoms. The van der Waals surface area contributed by atoms with Gasteiger partial charge in [0, 0.05) is 11.4 Å². The summed E-state index contributed by atoms with van der Waals surface area (Å²) in [6, 6.07) is 16.6. The molecule has 0 fully saturated rings. The molecular formula is C22H22ClN7O2S. The Kier molecular flexibility index (Phi) is 6.21. The van der Waals surface area contributed by atoms with Crippen LogP contribution in [0.4, 0.5) is 28.8 Å². The maximum absolute atomic E-state index is 11.7. The molecular weight excluding hydrogens is 462 g/mol. The van der Waals surface area contributed by atoms with E-state index in [1.165, 1.54) is 6.20 Å². The summed E-state index contributed by atoms with van der Waals surface area (Å²) in [5.74, 6) is 0.658. The molecule has 0 radical (unpaired) electrons. The Hall–Kier alpha value is -3.63. The van der Waals surface area contributed by atoms with E-state index in [4.69, 9.17) is 11.6 Å². The van der Waals surface area contributed by atoms with Gasteiger partial charge >= 0.3 is 0 Å². The largest absolute Gasteiger partial charge is 0.337 e. The predicted molar refractivity (Wildman–Crippen MR) is 132 cm³/mol. The quantitative estimate of drug-likeness (QED) is 0.346. The fraction of sp³-hybridized carbons (Fsp3) is 0.136. The van der Waals surface area contributed by atoms with Gasteiger partial charge in [0.1, 0.15) is 5.02 Å². The van der Waals surface area contributed by atoms with Crippen molar-refractivity contribution in [1.29, 1.82) is 0 Å². The third kappa shape index (κ3) is 5.60. The number of anilines is 5. The van der Waals surface area contributed by atoms with Gasteiger partial charge in [0.25, 0.3) is 0 Å². The second kappa shape index (κ2) is 9.08. The van der Waals surface area contributed by atoms with Crippen molar-refractivity contribution in [1.82, 2.24) is 19.7 Å². The molecule has 33 heavy (non-hydrogen) atoms. The van der Waals surface area contributed by atoms with Gasteiger partial charge in [-0.2, -0.15) is 10.1 Å². The van der Waals surface area contributed by atoms with E-state index >= 15 is 0 Å². The van der Waals surface area contributed by atoms with Crippen LogP contribution in [-0.4, -0.2) is 34.4 Å². The smallest absolute Gasteiger partial charge is 0.229 e.